The average Bonchev–Trinajstić information content (AvgIpc) is 2.45. The van der Waals surface area contributed by atoms with Crippen molar-refractivity contribution in [3.63, 3.8) is 0 Å². The third-order valence-corrected chi connectivity index (χ3v) is 2.39. The molecule has 0 atom stereocenters. The van der Waals surface area contributed by atoms with Crippen molar-refractivity contribution in [2.45, 2.75) is 19.9 Å². The summed E-state index contributed by atoms with van der Waals surface area (Å²) in [6.45, 7) is 4.40. The van der Waals surface area contributed by atoms with Gasteiger partial charge in [-0.15, -0.1) is 0 Å². The number of nitrogens with zero attached hydrogens (tertiary/aromatic N) is 2. The topological polar surface area (TPSA) is 8.81 Å². The standard InChI is InChI=1S/C11H15N2.BrH/c1-9(2)13-8-12(3)10-6-4-5-7-11(10)13;/h4-9H,1-3H3;1H/q+1;/p-1. The summed E-state index contributed by atoms with van der Waals surface area (Å²) in [7, 11) is 2.08. The molecule has 0 saturated carbocycles. The summed E-state index contributed by atoms with van der Waals surface area (Å²) < 4.78 is 4.45. The van der Waals surface area contributed by atoms with Crippen molar-refractivity contribution < 1.29 is 21.5 Å². The predicted octanol–water partition coefficient (Wildman–Crippen LogP) is -0.949. The van der Waals surface area contributed by atoms with Gasteiger partial charge in [-0.2, -0.15) is 0 Å². The van der Waals surface area contributed by atoms with Gasteiger partial charge in [0.25, 0.3) is 0 Å². The van der Waals surface area contributed by atoms with E-state index in [1.54, 1.807) is 0 Å². The van der Waals surface area contributed by atoms with Gasteiger partial charge in [0.2, 0.25) is 6.33 Å². The average molecular weight is 255 g/mol. The molecule has 0 aliphatic heterocycles. The fourth-order valence-electron chi connectivity index (χ4n) is 1.70. The molecule has 2 nitrogen and oxygen atoms in total. The van der Waals surface area contributed by atoms with Crippen molar-refractivity contribution in [2.24, 2.45) is 7.05 Å². The van der Waals surface area contributed by atoms with Crippen molar-refractivity contribution in [3.05, 3.63) is 30.6 Å². The van der Waals surface area contributed by atoms with Gasteiger partial charge >= 0.3 is 0 Å². The first kappa shape index (κ1) is 11.2. The Balaban J connectivity index is 0.000000980. The van der Waals surface area contributed by atoms with E-state index in [1.165, 1.54) is 11.0 Å². The van der Waals surface area contributed by atoms with E-state index in [0.29, 0.717) is 6.04 Å². The fraction of sp³-hybridized carbons (Fsp3) is 0.364. The van der Waals surface area contributed by atoms with E-state index in [2.05, 4.69) is 60.6 Å². The van der Waals surface area contributed by atoms with Crippen LogP contribution in [0.25, 0.3) is 11.0 Å². The molecule has 0 N–H and O–H groups in total. The Bertz CT molecular complexity index is 432. The van der Waals surface area contributed by atoms with Gasteiger partial charge in [-0.3, -0.25) is 0 Å². The molecule has 0 spiro atoms. The summed E-state index contributed by atoms with van der Waals surface area (Å²) in [6, 6.07) is 8.99. The minimum absolute atomic E-state index is 0. The van der Waals surface area contributed by atoms with Crippen LogP contribution < -0.4 is 21.5 Å². The van der Waals surface area contributed by atoms with Crippen molar-refractivity contribution in [1.29, 1.82) is 0 Å². The van der Waals surface area contributed by atoms with Gasteiger partial charge in [-0.1, -0.05) is 12.1 Å². The molecule has 2 aromatic rings. The zero-order chi connectivity index (χ0) is 9.42. The molecule has 0 aliphatic rings. The minimum Gasteiger partial charge on any atom is -1.00 e. The Morgan fingerprint density at radius 2 is 1.86 bits per heavy atom. The molecule has 0 radical (unpaired) electrons. The highest BCUT2D eigenvalue weighted by Crippen LogP contribution is 2.14. The molecule has 14 heavy (non-hydrogen) atoms. The number of para-hydroxylation sites is 2. The second kappa shape index (κ2) is 4.13. The maximum Gasteiger partial charge on any atom is 0.244 e. The van der Waals surface area contributed by atoms with E-state index in [9.17, 15) is 0 Å². The largest absolute Gasteiger partial charge is 1.00 e. The molecule has 0 fully saturated rings. The molecular weight excluding hydrogens is 240 g/mol. The Morgan fingerprint density at radius 3 is 2.50 bits per heavy atom. The van der Waals surface area contributed by atoms with Gasteiger partial charge in [-0.05, 0) is 26.0 Å². The molecule has 1 aromatic heterocycles. The molecule has 0 saturated heterocycles. The first-order chi connectivity index (χ1) is 6.20. The molecule has 1 heterocycles. The number of aryl methyl sites for hydroxylation is 1. The number of fused-ring (bicyclic) bond motifs is 1. The number of imidazole rings is 1. The number of hydrogen-bond donors (Lipinski definition) is 0. The molecular formula is C11H15BrN2. The minimum atomic E-state index is 0. The third-order valence-electron chi connectivity index (χ3n) is 2.39. The summed E-state index contributed by atoms with van der Waals surface area (Å²) in [5, 5.41) is 0. The third kappa shape index (κ3) is 1.69. The van der Waals surface area contributed by atoms with E-state index in [4.69, 9.17) is 0 Å². The lowest BCUT2D eigenvalue weighted by Crippen LogP contribution is -3.00. The highest BCUT2D eigenvalue weighted by molar-refractivity contribution is 5.71. The van der Waals surface area contributed by atoms with Crippen molar-refractivity contribution in [3.8, 4) is 0 Å². The van der Waals surface area contributed by atoms with E-state index in [-0.39, 0.29) is 17.0 Å². The van der Waals surface area contributed by atoms with Crippen LogP contribution in [-0.2, 0) is 7.05 Å². The summed E-state index contributed by atoms with van der Waals surface area (Å²) in [5.74, 6) is 0. The van der Waals surface area contributed by atoms with Gasteiger partial charge in [0, 0.05) is 0 Å². The first-order valence-corrected chi connectivity index (χ1v) is 4.65. The Morgan fingerprint density at radius 1 is 1.21 bits per heavy atom. The highest BCUT2D eigenvalue weighted by atomic mass is 79.9. The summed E-state index contributed by atoms with van der Waals surface area (Å²) in [5.41, 5.74) is 2.59. The zero-order valence-electron chi connectivity index (χ0n) is 8.74. The molecule has 3 heteroatoms. The second-order valence-electron chi connectivity index (χ2n) is 3.72. The molecule has 0 unspecified atom stereocenters. The molecule has 0 aliphatic carbocycles. The lowest BCUT2D eigenvalue weighted by atomic mass is 10.3. The van der Waals surface area contributed by atoms with Crippen LogP contribution in [-0.4, -0.2) is 4.57 Å². The Labute approximate surface area is 94.9 Å². The van der Waals surface area contributed by atoms with E-state index < -0.39 is 0 Å². The number of rotatable bonds is 1. The van der Waals surface area contributed by atoms with Gasteiger partial charge in [-0.25, -0.2) is 9.13 Å². The number of halogens is 1. The van der Waals surface area contributed by atoms with Crippen LogP contribution in [0.1, 0.15) is 19.9 Å². The van der Waals surface area contributed by atoms with Gasteiger partial charge in [0.05, 0.1) is 13.1 Å². The predicted molar refractivity (Wildman–Crippen MR) is 53.5 cm³/mol. The number of hydrogen-bond acceptors (Lipinski definition) is 0. The molecule has 2 rings (SSSR count). The summed E-state index contributed by atoms with van der Waals surface area (Å²) >= 11 is 0. The van der Waals surface area contributed by atoms with Crippen LogP contribution in [0.4, 0.5) is 0 Å². The van der Waals surface area contributed by atoms with Crippen LogP contribution in [0.2, 0.25) is 0 Å². The van der Waals surface area contributed by atoms with Crippen molar-refractivity contribution in [2.75, 3.05) is 0 Å². The lowest BCUT2D eigenvalue weighted by Gasteiger charge is -1.99. The first-order valence-electron chi connectivity index (χ1n) is 4.65. The van der Waals surface area contributed by atoms with Crippen LogP contribution in [0.5, 0.6) is 0 Å². The molecule has 1 aromatic carbocycles. The number of aromatic nitrogens is 2. The molecule has 76 valence electrons. The summed E-state index contributed by atoms with van der Waals surface area (Å²) in [6.07, 6.45) is 2.15. The lowest BCUT2D eigenvalue weighted by molar-refractivity contribution is -0.645. The second-order valence-corrected chi connectivity index (χ2v) is 3.72. The van der Waals surface area contributed by atoms with Crippen LogP contribution in [0.3, 0.4) is 0 Å². The van der Waals surface area contributed by atoms with Crippen molar-refractivity contribution >= 4 is 11.0 Å². The normalized spacial score (nSPS) is 10.6. The molecule has 0 bridgehead atoms. The van der Waals surface area contributed by atoms with Crippen LogP contribution in [0.15, 0.2) is 30.6 Å². The van der Waals surface area contributed by atoms with E-state index >= 15 is 0 Å². The van der Waals surface area contributed by atoms with E-state index in [1.807, 2.05) is 0 Å². The number of benzene rings is 1. The maximum absolute atomic E-state index is 2.29. The fourth-order valence-corrected chi connectivity index (χ4v) is 1.70. The Kier molecular flexibility index (Phi) is 3.32. The Hall–Kier alpha value is -0.830. The quantitative estimate of drug-likeness (QED) is 0.581. The van der Waals surface area contributed by atoms with Gasteiger partial charge in [0.1, 0.15) is 0 Å². The van der Waals surface area contributed by atoms with E-state index in [0.717, 1.165) is 0 Å². The highest BCUT2D eigenvalue weighted by Gasteiger charge is 2.13. The monoisotopic (exact) mass is 254 g/mol. The van der Waals surface area contributed by atoms with Crippen LogP contribution >= 0.6 is 0 Å². The maximum atomic E-state index is 2.29. The zero-order valence-corrected chi connectivity index (χ0v) is 10.3. The smallest absolute Gasteiger partial charge is 0.244 e. The molecule has 0 amide bonds. The van der Waals surface area contributed by atoms with Gasteiger partial charge in [0.15, 0.2) is 11.0 Å². The van der Waals surface area contributed by atoms with Gasteiger partial charge < -0.3 is 17.0 Å². The van der Waals surface area contributed by atoms with Crippen LogP contribution in [0, 0.1) is 0 Å². The van der Waals surface area contributed by atoms with Crippen molar-refractivity contribution in [1.82, 2.24) is 4.57 Å². The summed E-state index contributed by atoms with van der Waals surface area (Å²) in [4.78, 5) is 0. The SMILES string of the molecule is CC(C)n1c[n+](C)c2ccccc21.[Br-].